The normalized spacial score (nSPS) is 29.5. The Labute approximate surface area is 72.1 Å². The van der Waals surface area contributed by atoms with Crippen molar-refractivity contribution in [3.8, 4) is 0 Å². The van der Waals surface area contributed by atoms with E-state index in [0.29, 0.717) is 5.25 Å². The van der Waals surface area contributed by atoms with Crippen molar-refractivity contribution < 1.29 is 0 Å². The van der Waals surface area contributed by atoms with Crippen LogP contribution in [0.3, 0.4) is 0 Å². The molecule has 0 nitrogen and oxygen atoms in total. The van der Waals surface area contributed by atoms with Crippen molar-refractivity contribution in [2.45, 2.75) is 25.0 Å². The lowest BCUT2D eigenvalue weighted by atomic mass is 9.97. The van der Waals surface area contributed by atoms with Crippen molar-refractivity contribution in [2.24, 2.45) is 0 Å². The van der Waals surface area contributed by atoms with Crippen LogP contribution in [0.1, 0.15) is 19.8 Å². The van der Waals surface area contributed by atoms with E-state index in [1.165, 1.54) is 28.9 Å². The van der Waals surface area contributed by atoms with Crippen molar-refractivity contribution >= 4 is 11.8 Å². The monoisotopic (exact) mass is 164 g/mol. The fourth-order valence-corrected chi connectivity index (χ4v) is 2.79. The van der Waals surface area contributed by atoms with Crippen molar-refractivity contribution in [2.75, 3.05) is 0 Å². The maximum Gasteiger partial charge on any atom is 0.0313 e. The van der Waals surface area contributed by atoms with Gasteiger partial charge in [0.2, 0.25) is 0 Å². The van der Waals surface area contributed by atoms with Gasteiger partial charge in [-0.05, 0) is 30.9 Å². The van der Waals surface area contributed by atoms with Gasteiger partial charge in [-0.15, -0.1) is 11.8 Å². The van der Waals surface area contributed by atoms with Crippen LogP contribution in [0.15, 0.2) is 34.8 Å². The van der Waals surface area contributed by atoms with Crippen LogP contribution in [-0.2, 0) is 0 Å². The molecule has 0 saturated carbocycles. The Bertz CT molecular complexity index is 258. The summed E-state index contributed by atoms with van der Waals surface area (Å²) < 4.78 is 0. The van der Waals surface area contributed by atoms with Gasteiger partial charge in [0.15, 0.2) is 0 Å². The van der Waals surface area contributed by atoms with E-state index in [0.717, 1.165) is 0 Å². The highest BCUT2D eigenvalue weighted by Crippen LogP contribution is 2.44. The van der Waals surface area contributed by atoms with Gasteiger partial charge in [-0.2, -0.15) is 0 Å². The second-order valence-electron chi connectivity index (χ2n) is 3.07. The molecular formula is C10H12S. The SMILES string of the molecule is C=C1C2=C(C=CCC2)SC1C. The first kappa shape index (κ1) is 7.23. The molecule has 58 valence electrons. The number of hydrogen-bond donors (Lipinski definition) is 0. The molecular weight excluding hydrogens is 152 g/mol. The summed E-state index contributed by atoms with van der Waals surface area (Å²) in [5, 5.41) is 0.614. The van der Waals surface area contributed by atoms with E-state index in [1.807, 2.05) is 11.8 Å². The van der Waals surface area contributed by atoms with Crippen LogP contribution >= 0.6 is 11.8 Å². The molecule has 11 heavy (non-hydrogen) atoms. The van der Waals surface area contributed by atoms with Crippen LogP contribution in [0.2, 0.25) is 0 Å². The summed E-state index contributed by atoms with van der Waals surface area (Å²) in [6.07, 6.45) is 6.92. The Morgan fingerprint density at radius 1 is 1.64 bits per heavy atom. The minimum atomic E-state index is 0.614. The van der Waals surface area contributed by atoms with Crippen LogP contribution in [0.5, 0.6) is 0 Å². The lowest BCUT2D eigenvalue weighted by Crippen LogP contribution is -1.95. The second kappa shape index (κ2) is 2.56. The van der Waals surface area contributed by atoms with Crippen molar-refractivity contribution in [1.29, 1.82) is 0 Å². The quantitative estimate of drug-likeness (QED) is 0.529. The molecule has 1 heterocycles. The third-order valence-electron chi connectivity index (χ3n) is 2.31. The summed E-state index contributed by atoms with van der Waals surface area (Å²) in [4.78, 5) is 1.47. The largest absolute Gasteiger partial charge is 0.118 e. The van der Waals surface area contributed by atoms with E-state index >= 15 is 0 Å². The molecule has 0 saturated heterocycles. The average molecular weight is 164 g/mol. The van der Waals surface area contributed by atoms with Gasteiger partial charge in [0.1, 0.15) is 0 Å². The molecule has 0 fully saturated rings. The molecule has 0 N–H and O–H groups in total. The standard InChI is InChI=1S/C10H12S/c1-7-8(2)11-10-6-4-3-5-9(7)10/h4,6,8H,1,3,5H2,2H3. The molecule has 0 amide bonds. The van der Waals surface area contributed by atoms with Gasteiger partial charge in [-0.3, -0.25) is 0 Å². The van der Waals surface area contributed by atoms with Gasteiger partial charge in [0.25, 0.3) is 0 Å². The summed E-state index contributed by atoms with van der Waals surface area (Å²) in [6.45, 7) is 6.34. The molecule has 0 aromatic rings. The number of hydrogen-bond acceptors (Lipinski definition) is 1. The van der Waals surface area contributed by atoms with Gasteiger partial charge in [0.05, 0.1) is 0 Å². The van der Waals surface area contributed by atoms with E-state index in [-0.39, 0.29) is 0 Å². The minimum absolute atomic E-state index is 0.614. The van der Waals surface area contributed by atoms with E-state index < -0.39 is 0 Å². The molecule has 1 heteroatoms. The topological polar surface area (TPSA) is 0 Å². The predicted octanol–water partition coefficient (Wildman–Crippen LogP) is 3.28. The number of thioether (sulfide) groups is 1. The Morgan fingerprint density at radius 3 is 3.18 bits per heavy atom. The molecule has 1 aliphatic heterocycles. The summed E-state index contributed by atoms with van der Waals surface area (Å²) in [7, 11) is 0. The summed E-state index contributed by atoms with van der Waals surface area (Å²) >= 11 is 1.95. The first-order chi connectivity index (χ1) is 5.29. The van der Waals surface area contributed by atoms with Crippen LogP contribution in [0, 0.1) is 0 Å². The summed E-state index contributed by atoms with van der Waals surface area (Å²) in [5.74, 6) is 0. The third kappa shape index (κ3) is 1.08. The van der Waals surface area contributed by atoms with E-state index in [4.69, 9.17) is 0 Å². The summed E-state index contributed by atoms with van der Waals surface area (Å²) in [5.41, 5.74) is 2.87. The number of allylic oxidation sites excluding steroid dienone is 3. The Balaban J connectivity index is 2.35. The van der Waals surface area contributed by atoms with E-state index in [9.17, 15) is 0 Å². The molecule has 0 radical (unpaired) electrons. The number of rotatable bonds is 0. The third-order valence-corrected chi connectivity index (χ3v) is 3.58. The molecule has 2 rings (SSSR count). The molecule has 1 aliphatic carbocycles. The average Bonchev–Trinajstić information content (AvgIpc) is 2.30. The van der Waals surface area contributed by atoms with Crippen molar-refractivity contribution in [3.05, 3.63) is 34.8 Å². The van der Waals surface area contributed by atoms with Crippen LogP contribution in [0.4, 0.5) is 0 Å². The molecule has 1 unspecified atom stereocenters. The molecule has 0 aromatic carbocycles. The van der Waals surface area contributed by atoms with Crippen LogP contribution in [0.25, 0.3) is 0 Å². The molecule has 0 aromatic heterocycles. The lowest BCUT2D eigenvalue weighted by Gasteiger charge is -2.07. The smallest absolute Gasteiger partial charge is 0.0313 e. The Hall–Kier alpha value is -0.430. The molecule has 2 aliphatic rings. The minimum Gasteiger partial charge on any atom is -0.118 e. The molecule has 1 atom stereocenters. The van der Waals surface area contributed by atoms with Crippen molar-refractivity contribution in [3.63, 3.8) is 0 Å². The Kier molecular flexibility index (Phi) is 1.68. The van der Waals surface area contributed by atoms with E-state index in [1.54, 1.807) is 0 Å². The first-order valence-electron chi connectivity index (χ1n) is 4.04. The molecule has 0 bridgehead atoms. The fraction of sp³-hybridized carbons (Fsp3) is 0.400. The van der Waals surface area contributed by atoms with Gasteiger partial charge in [0, 0.05) is 10.2 Å². The molecule has 0 spiro atoms. The van der Waals surface area contributed by atoms with Gasteiger partial charge >= 0.3 is 0 Å². The van der Waals surface area contributed by atoms with E-state index in [2.05, 4.69) is 25.7 Å². The highest BCUT2D eigenvalue weighted by atomic mass is 32.2. The highest BCUT2D eigenvalue weighted by Gasteiger charge is 2.24. The summed E-state index contributed by atoms with van der Waals surface area (Å²) in [6, 6.07) is 0. The Morgan fingerprint density at radius 2 is 2.45 bits per heavy atom. The zero-order chi connectivity index (χ0) is 7.84. The van der Waals surface area contributed by atoms with Gasteiger partial charge in [-0.25, -0.2) is 0 Å². The van der Waals surface area contributed by atoms with Crippen LogP contribution < -0.4 is 0 Å². The predicted molar refractivity (Wildman–Crippen MR) is 51.6 cm³/mol. The lowest BCUT2D eigenvalue weighted by molar-refractivity contribution is 0.956. The maximum absolute atomic E-state index is 4.11. The van der Waals surface area contributed by atoms with Crippen LogP contribution in [-0.4, -0.2) is 5.25 Å². The van der Waals surface area contributed by atoms with Gasteiger partial charge in [-0.1, -0.05) is 18.7 Å². The zero-order valence-corrected chi connectivity index (χ0v) is 7.58. The zero-order valence-electron chi connectivity index (χ0n) is 6.76. The second-order valence-corrected chi connectivity index (χ2v) is 4.45. The maximum atomic E-state index is 4.11. The first-order valence-corrected chi connectivity index (χ1v) is 4.92. The van der Waals surface area contributed by atoms with Gasteiger partial charge < -0.3 is 0 Å². The van der Waals surface area contributed by atoms with Crippen molar-refractivity contribution in [1.82, 2.24) is 0 Å². The fourth-order valence-electron chi connectivity index (χ4n) is 1.58. The highest BCUT2D eigenvalue weighted by molar-refractivity contribution is 8.04.